The Morgan fingerprint density at radius 3 is 2.16 bits per heavy atom. The van der Waals surface area contributed by atoms with Crippen molar-refractivity contribution < 1.29 is 19.0 Å². The topological polar surface area (TPSA) is 56.8 Å². The van der Waals surface area contributed by atoms with Crippen molar-refractivity contribution in [1.82, 2.24) is 0 Å². The van der Waals surface area contributed by atoms with E-state index in [0.717, 1.165) is 5.69 Å². The van der Waals surface area contributed by atoms with Crippen LogP contribution in [-0.2, 0) is 9.53 Å². The molecule has 0 bridgehead atoms. The molecule has 1 unspecified atom stereocenters. The van der Waals surface area contributed by atoms with Crippen LogP contribution in [0.5, 0.6) is 11.5 Å². The summed E-state index contributed by atoms with van der Waals surface area (Å²) in [6, 6.07) is 5.02. The van der Waals surface area contributed by atoms with Crippen molar-refractivity contribution in [3.63, 3.8) is 0 Å². The van der Waals surface area contributed by atoms with Crippen molar-refractivity contribution in [3.8, 4) is 11.5 Å². The van der Waals surface area contributed by atoms with E-state index in [0.29, 0.717) is 24.5 Å². The van der Waals surface area contributed by atoms with Gasteiger partial charge in [-0.15, -0.1) is 0 Å². The summed E-state index contributed by atoms with van der Waals surface area (Å²) in [6.07, 6.45) is 0.637. The first kappa shape index (κ1) is 15.1. The minimum Gasteiger partial charge on any atom is -0.497 e. The largest absolute Gasteiger partial charge is 0.497 e. The number of carbonyl (C=O) groups is 1. The van der Waals surface area contributed by atoms with E-state index >= 15 is 0 Å². The summed E-state index contributed by atoms with van der Waals surface area (Å²) in [5.74, 6) is 1.08. The van der Waals surface area contributed by atoms with E-state index in [1.807, 2.05) is 19.1 Å². The Balaban J connectivity index is 2.86. The van der Waals surface area contributed by atoms with Crippen molar-refractivity contribution in [2.45, 2.75) is 26.3 Å². The zero-order chi connectivity index (χ0) is 14.3. The molecular formula is C14H21NO4. The van der Waals surface area contributed by atoms with E-state index in [1.165, 1.54) is 0 Å². The van der Waals surface area contributed by atoms with Crippen LogP contribution in [0, 0.1) is 0 Å². The summed E-state index contributed by atoms with van der Waals surface area (Å²) in [5.41, 5.74) is 0.760. The summed E-state index contributed by atoms with van der Waals surface area (Å²) in [5, 5.41) is 3.13. The number of anilines is 1. The zero-order valence-electron chi connectivity index (χ0n) is 11.9. The molecule has 1 N–H and O–H groups in total. The third-order valence-electron chi connectivity index (χ3n) is 2.67. The van der Waals surface area contributed by atoms with E-state index in [-0.39, 0.29) is 12.0 Å². The van der Waals surface area contributed by atoms with E-state index in [4.69, 9.17) is 14.2 Å². The second-order valence-corrected chi connectivity index (χ2v) is 3.96. The highest BCUT2D eigenvalue weighted by Gasteiger charge is 2.17. The van der Waals surface area contributed by atoms with Gasteiger partial charge in [-0.25, -0.2) is 4.79 Å². The van der Waals surface area contributed by atoms with Gasteiger partial charge in [0.1, 0.15) is 17.5 Å². The number of hydrogen-bond acceptors (Lipinski definition) is 5. The standard InChI is InChI=1S/C14H21NO4/c1-5-13(14(16)19-6-2)15-10-7-11(17-3)9-12(8-10)18-4/h7-9,13,15H,5-6H2,1-4H3. The van der Waals surface area contributed by atoms with E-state index in [1.54, 1.807) is 27.2 Å². The molecule has 0 aliphatic heterocycles. The molecule has 19 heavy (non-hydrogen) atoms. The molecule has 0 amide bonds. The molecule has 1 aromatic rings. The normalized spacial score (nSPS) is 11.6. The quantitative estimate of drug-likeness (QED) is 0.769. The second-order valence-electron chi connectivity index (χ2n) is 3.96. The van der Waals surface area contributed by atoms with Gasteiger partial charge in [-0.1, -0.05) is 6.92 Å². The number of rotatable bonds is 7. The van der Waals surface area contributed by atoms with Gasteiger partial charge in [0.05, 0.1) is 20.8 Å². The summed E-state index contributed by atoms with van der Waals surface area (Å²) >= 11 is 0. The van der Waals surface area contributed by atoms with Crippen molar-refractivity contribution in [2.75, 3.05) is 26.1 Å². The first-order chi connectivity index (χ1) is 9.14. The zero-order valence-corrected chi connectivity index (χ0v) is 11.9. The van der Waals surface area contributed by atoms with Gasteiger partial charge in [0, 0.05) is 23.9 Å². The Labute approximate surface area is 113 Å². The summed E-state index contributed by atoms with van der Waals surface area (Å²) < 4.78 is 15.4. The molecule has 0 aliphatic carbocycles. The molecule has 0 radical (unpaired) electrons. The highest BCUT2D eigenvalue weighted by Crippen LogP contribution is 2.26. The van der Waals surface area contributed by atoms with Crippen LogP contribution in [0.1, 0.15) is 20.3 Å². The van der Waals surface area contributed by atoms with Gasteiger partial charge in [-0.05, 0) is 13.3 Å². The van der Waals surface area contributed by atoms with Crippen molar-refractivity contribution >= 4 is 11.7 Å². The SMILES string of the molecule is CCOC(=O)C(CC)Nc1cc(OC)cc(OC)c1. The Kier molecular flexibility index (Phi) is 5.99. The first-order valence-electron chi connectivity index (χ1n) is 6.30. The van der Waals surface area contributed by atoms with Gasteiger partial charge in [0.2, 0.25) is 0 Å². The number of ether oxygens (including phenoxy) is 3. The molecule has 0 spiro atoms. The Bertz CT molecular complexity index is 398. The van der Waals surface area contributed by atoms with E-state index < -0.39 is 0 Å². The highest BCUT2D eigenvalue weighted by molar-refractivity contribution is 5.79. The summed E-state index contributed by atoms with van der Waals surface area (Å²) in [7, 11) is 3.17. The third-order valence-corrected chi connectivity index (χ3v) is 2.67. The number of carbonyl (C=O) groups excluding carboxylic acids is 1. The summed E-state index contributed by atoms with van der Waals surface area (Å²) in [4.78, 5) is 11.7. The lowest BCUT2D eigenvalue weighted by atomic mass is 10.2. The lowest BCUT2D eigenvalue weighted by Gasteiger charge is -2.17. The molecule has 0 heterocycles. The number of hydrogen-bond donors (Lipinski definition) is 1. The van der Waals surface area contributed by atoms with Gasteiger partial charge < -0.3 is 19.5 Å². The second kappa shape index (κ2) is 7.51. The molecular weight excluding hydrogens is 246 g/mol. The number of methoxy groups -OCH3 is 2. The van der Waals surface area contributed by atoms with Crippen LogP contribution in [0.4, 0.5) is 5.69 Å². The van der Waals surface area contributed by atoms with Crippen LogP contribution < -0.4 is 14.8 Å². The van der Waals surface area contributed by atoms with Crippen LogP contribution >= 0.6 is 0 Å². The van der Waals surface area contributed by atoms with Crippen LogP contribution in [0.3, 0.4) is 0 Å². The molecule has 106 valence electrons. The van der Waals surface area contributed by atoms with Gasteiger partial charge >= 0.3 is 5.97 Å². The molecule has 1 atom stereocenters. The Hall–Kier alpha value is -1.91. The molecule has 5 heteroatoms. The molecule has 0 aliphatic rings. The fraction of sp³-hybridized carbons (Fsp3) is 0.500. The van der Waals surface area contributed by atoms with Gasteiger partial charge in [-0.3, -0.25) is 0 Å². The smallest absolute Gasteiger partial charge is 0.328 e. The summed E-state index contributed by atoms with van der Waals surface area (Å²) in [6.45, 7) is 4.09. The predicted molar refractivity (Wildman–Crippen MR) is 73.9 cm³/mol. The predicted octanol–water partition coefficient (Wildman–Crippen LogP) is 2.46. The van der Waals surface area contributed by atoms with Crippen LogP contribution in [0.25, 0.3) is 0 Å². The van der Waals surface area contributed by atoms with Crippen molar-refractivity contribution in [3.05, 3.63) is 18.2 Å². The molecule has 0 aromatic heterocycles. The maximum Gasteiger partial charge on any atom is 0.328 e. The molecule has 0 fully saturated rings. The van der Waals surface area contributed by atoms with Gasteiger partial charge in [0.15, 0.2) is 0 Å². The minimum absolute atomic E-state index is 0.258. The molecule has 0 saturated carbocycles. The number of benzene rings is 1. The van der Waals surface area contributed by atoms with Crippen LogP contribution in [0.2, 0.25) is 0 Å². The lowest BCUT2D eigenvalue weighted by molar-refractivity contribution is -0.144. The maximum absolute atomic E-state index is 11.7. The van der Waals surface area contributed by atoms with Crippen molar-refractivity contribution in [2.24, 2.45) is 0 Å². The first-order valence-corrected chi connectivity index (χ1v) is 6.30. The van der Waals surface area contributed by atoms with Crippen LogP contribution in [-0.4, -0.2) is 32.8 Å². The average Bonchev–Trinajstić information content (AvgIpc) is 2.44. The van der Waals surface area contributed by atoms with Crippen molar-refractivity contribution in [1.29, 1.82) is 0 Å². The average molecular weight is 267 g/mol. The van der Waals surface area contributed by atoms with E-state index in [2.05, 4.69) is 5.32 Å². The number of nitrogens with one attached hydrogen (secondary N) is 1. The highest BCUT2D eigenvalue weighted by atomic mass is 16.5. The fourth-order valence-electron chi connectivity index (χ4n) is 1.66. The Morgan fingerprint density at radius 1 is 1.16 bits per heavy atom. The number of esters is 1. The third kappa shape index (κ3) is 4.35. The Morgan fingerprint density at radius 2 is 1.74 bits per heavy atom. The molecule has 1 aromatic carbocycles. The molecule has 5 nitrogen and oxygen atoms in total. The van der Waals surface area contributed by atoms with Gasteiger partial charge in [0.25, 0.3) is 0 Å². The lowest BCUT2D eigenvalue weighted by Crippen LogP contribution is -2.30. The minimum atomic E-state index is -0.378. The van der Waals surface area contributed by atoms with Gasteiger partial charge in [-0.2, -0.15) is 0 Å². The van der Waals surface area contributed by atoms with Crippen LogP contribution in [0.15, 0.2) is 18.2 Å². The fourth-order valence-corrected chi connectivity index (χ4v) is 1.66. The molecule has 0 saturated heterocycles. The van der Waals surface area contributed by atoms with E-state index in [9.17, 15) is 4.79 Å². The molecule has 1 rings (SSSR count). The monoisotopic (exact) mass is 267 g/mol. The maximum atomic E-state index is 11.7.